The van der Waals surface area contributed by atoms with Gasteiger partial charge in [-0.25, -0.2) is 4.68 Å². The van der Waals surface area contributed by atoms with Crippen molar-refractivity contribution in [2.24, 2.45) is 7.05 Å². The van der Waals surface area contributed by atoms with Crippen molar-refractivity contribution in [3.63, 3.8) is 0 Å². The molecule has 0 aromatic carbocycles. The molecule has 0 aliphatic rings. The van der Waals surface area contributed by atoms with Crippen LogP contribution in [0.2, 0.25) is 0 Å². The average molecular weight is 233 g/mol. The van der Waals surface area contributed by atoms with E-state index in [-0.39, 0.29) is 0 Å². The number of methoxy groups -OCH3 is 1. The molecule has 0 aliphatic carbocycles. The molecule has 2 aromatic heterocycles. The van der Waals surface area contributed by atoms with Gasteiger partial charge in [0.15, 0.2) is 0 Å². The number of ether oxygens (including phenoxy) is 1. The Hall–Kier alpha value is -2.24. The van der Waals surface area contributed by atoms with E-state index in [0.29, 0.717) is 12.2 Å². The lowest BCUT2D eigenvalue weighted by atomic mass is 10.3. The lowest BCUT2D eigenvalue weighted by Gasteiger charge is -2.06. The fraction of sp³-hybridized carbons (Fsp3) is 0.273. The first-order valence-corrected chi connectivity index (χ1v) is 5.21. The Morgan fingerprint density at radius 2 is 2.35 bits per heavy atom. The predicted octanol–water partition coefficient (Wildman–Crippen LogP) is 1.02. The molecule has 0 aliphatic heterocycles. The Labute approximate surface area is 99.4 Å². The Morgan fingerprint density at radius 1 is 1.53 bits per heavy atom. The molecule has 6 nitrogen and oxygen atoms in total. The van der Waals surface area contributed by atoms with E-state index in [0.717, 1.165) is 17.3 Å². The van der Waals surface area contributed by atoms with Gasteiger partial charge in [-0.3, -0.25) is 4.98 Å². The molecule has 0 amide bonds. The van der Waals surface area contributed by atoms with Crippen LogP contribution in [0.1, 0.15) is 5.69 Å². The number of rotatable bonds is 4. The van der Waals surface area contributed by atoms with Gasteiger partial charge in [0.05, 0.1) is 36.9 Å². The minimum atomic E-state index is 0.589. The molecule has 6 heteroatoms. The Morgan fingerprint density at radius 3 is 3.00 bits per heavy atom. The fourth-order valence-corrected chi connectivity index (χ4v) is 1.54. The molecule has 3 N–H and O–H groups in total. The molecule has 0 radical (unpaired) electrons. The van der Waals surface area contributed by atoms with Gasteiger partial charge < -0.3 is 15.8 Å². The number of hydrogen-bond acceptors (Lipinski definition) is 5. The number of nitrogen functional groups attached to an aromatic ring is 1. The molecule has 17 heavy (non-hydrogen) atoms. The second-order valence-electron chi connectivity index (χ2n) is 3.62. The lowest BCUT2D eigenvalue weighted by molar-refractivity contribution is 0.373. The SMILES string of the molecule is COc1cc(CNc2ccncc2N)nn1C. The highest BCUT2D eigenvalue weighted by Gasteiger charge is 2.05. The smallest absolute Gasteiger partial charge is 0.211 e. The van der Waals surface area contributed by atoms with Crippen molar-refractivity contribution < 1.29 is 4.74 Å². The van der Waals surface area contributed by atoms with Crippen LogP contribution in [0.3, 0.4) is 0 Å². The Kier molecular flexibility index (Phi) is 3.13. The van der Waals surface area contributed by atoms with Gasteiger partial charge in [-0.15, -0.1) is 0 Å². The van der Waals surface area contributed by atoms with Crippen LogP contribution in [0.5, 0.6) is 5.88 Å². The topological polar surface area (TPSA) is 78.0 Å². The summed E-state index contributed by atoms with van der Waals surface area (Å²) >= 11 is 0. The second kappa shape index (κ2) is 4.73. The van der Waals surface area contributed by atoms with E-state index >= 15 is 0 Å². The van der Waals surface area contributed by atoms with Crippen molar-refractivity contribution in [1.29, 1.82) is 0 Å². The molecule has 0 unspecified atom stereocenters. The van der Waals surface area contributed by atoms with Crippen LogP contribution in [-0.4, -0.2) is 21.9 Å². The van der Waals surface area contributed by atoms with Gasteiger partial charge in [0.25, 0.3) is 0 Å². The number of aromatic nitrogens is 3. The van der Waals surface area contributed by atoms with Gasteiger partial charge in [0.2, 0.25) is 5.88 Å². The minimum Gasteiger partial charge on any atom is -0.481 e. The normalized spacial score (nSPS) is 10.2. The van der Waals surface area contributed by atoms with E-state index < -0.39 is 0 Å². The number of nitrogens with two attached hydrogens (primary N) is 1. The van der Waals surface area contributed by atoms with Crippen LogP contribution in [0, 0.1) is 0 Å². The van der Waals surface area contributed by atoms with E-state index in [1.165, 1.54) is 0 Å². The largest absolute Gasteiger partial charge is 0.481 e. The quantitative estimate of drug-likeness (QED) is 0.824. The van der Waals surface area contributed by atoms with Gasteiger partial charge in [-0.05, 0) is 6.07 Å². The summed E-state index contributed by atoms with van der Waals surface area (Å²) in [6.45, 7) is 0.589. The highest BCUT2D eigenvalue weighted by Crippen LogP contribution is 2.17. The Balaban J connectivity index is 2.05. The molecule has 0 saturated heterocycles. The summed E-state index contributed by atoms with van der Waals surface area (Å²) in [5.41, 5.74) is 8.13. The highest BCUT2D eigenvalue weighted by atomic mass is 16.5. The van der Waals surface area contributed by atoms with Gasteiger partial charge >= 0.3 is 0 Å². The summed E-state index contributed by atoms with van der Waals surface area (Å²) in [7, 11) is 3.46. The van der Waals surface area contributed by atoms with Crippen molar-refractivity contribution in [3.05, 3.63) is 30.2 Å². The molecular weight excluding hydrogens is 218 g/mol. The number of anilines is 2. The standard InChI is InChI=1S/C11H15N5O/c1-16-11(17-2)5-8(15-16)6-14-10-3-4-13-7-9(10)12/h3-5,7H,6,12H2,1-2H3,(H,13,14). The zero-order valence-corrected chi connectivity index (χ0v) is 9.84. The number of hydrogen-bond donors (Lipinski definition) is 2. The number of nitrogens with one attached hydrogen (secondary N) is 1. The van der Waals surface area contributed by atoms with Gasteiger partial charge in [0, 0.05) is 19.3 Å². The minimum absolute atomic E-state index is 0.589. The molecule has 0 saturated carbocycles. The number of pyridine rings is 1. The predicted molar refractivity (Wildman–Crippen MR) is 65.7 cm³/mol. The molecule has 0 atom stereocenters. The molecule has 0 spiro atoms. The average Bonchev–Trinajstić information content (AvgIpc) is 2.69. The zero-order chi connectivity index (χ0) is 12.3. The molecule has 2 aromatic rings. The molecular formula is C11H15N5O. The van der Waals surface area contributed by atoms with Crippen molar-refractivity contribution in [2.45, 2.75) is 6.54 Å². The highest BCUT2D eigenvalue weighted by molar-refractivity contribution is 5.64. The summed E-state index contributed by atoms with van der Waals surface area (Å²) in [5.74, 6) is 0.726. The van der Waals surface area contributed by atoms with Crippen LogP contribution in [-0.2, 0) is 13.6 Å². The molecule has 2 rings (SSSR count). The van der Waals surface area contributed by atoms with Crippen molar-refractivity contribution in [3.8, 4) is 5.88 Å². The van der Waals surface area contributed by atoms with E-state index in [9.17, 15) is 0 Å². The number of aryl methyl sites for hydroxylation is 1. The molecule has 90 valence electrons. The Bertz CT molecular complexity index is 508. The third-order valence-corrected chi connectivity index (χ3v) is 2.41. The third kappa shape index (κ3) is 2.47. The number of nitrogens with zero attached hydrogens (tertiary/aromatic N) is 3. The molecule has 0 bridgehead atoms. The zero-order valence-electron chi connectivity index (χ0n) is 9.84. The lowest BCUT2D eigenvalue weighted by Crippen LogP contribution is -2.03. The first-order valence-electron chi connectivity index (χ1n) is 5.21. The maximum absolute atomic E-state index is 5.77. The van der Waals surface area contributed by atoms with E-state index in [2.05, 4.69) is 15.4 Å². The van der Waals surface area contributed by atoms with E-state index in [1.807, 2.05) is 19.2 Å². The summed E-state index contributed by atoms with van der Waals surface area (Å²) in [4.78, 5) is 3.93. The van der Waals surface area contributed by atoms with Crippen LogP contribution >= 0.6 is 0 Å². The van der Waals surface area contributed by atoms with E-state index in [4.69, 9.17) is 10.5 Å². The molecule has 2 heterocycles. The van der Waals surface area contributed by atoms with Gasteiger partial charge in [-0.1, -0.05) is 0 Å². The maximum Gasteiger partial charge on any atom is 0.211 e. The second-order valence-corrected chi connectivity index (χ2v) is 3.62. The summed E-state index contributed by atoms with van der Waals surface area (Å²) in [6.07, 6.45) is 3.30. The summed E-state index contributed by atoms with van der Waals surface area (Å²) in [6, 6.07) is 3.71. The van der Waals surface area contributed by atoms with Gasteiger partial charge in [0.1, 0.15) is 0 Å². The first-order chi connectivity index (χ1) is 8.20. The van der Waals surface area contributed by atoms with Crippen molar-refractivity contribution in [1.82, 2.24) is 14.8 Å². The third-order valence-electron chi connectivity index (χ3n) is 2.41. The van der Waals surface area contributed by atoms with Crippen molar-refractivity contribution in [2.75, 3.05) is 18.2 Å². The van der Waals surface area contributed by atoms with Crippen LogP contribution in [0.4, 0.5) is 11.4 Å². The molecule has 0 fully saturated rings. The van der Waals surface area contributed by atoms with Crippen LogP contribution < -0.4 is 15.8 Å². The summed E-state index contributed by atoms with van der Waals surface area (Å²) < 4.78 is 6.83. The monoisotopic (exact) mass is 233 g/mol. The van der Waals surface area contributed by atoms with E-state index in [1.54, 1.807) is 24.2 Å². The van der Waals surface area contributed by atoms with Crippen molar-refractivity contribution >= 4 is 11.4 Å². The van der Waals surface area contributed by atoms with Crippen LogP contribution in [0.25, 0.3) is 0 Å². The summed E-state index contributed by atoms with van der Waals surface area (Å²) in [5, 5.41) is 7.50. The van der Waals surface area contributed by atoms with Crippen LogP contribution in [0.15, 0.2) is 24.5 Å². The fourth-order valence-electron chi connectivity index (χ4n) is 1.54. The maximum atomic E-state index is 5.77. The van der Waals surface area contributed by atoms with Gasteiger partial charge in [-0.2, -0.15) is 5.10 Å². The first kappa shape index (κ1) is 11.3.